The predicted molar refractivity (Wildman–Crippen MR) is 131 cm³/mol. The first-order valence-electron chi connectivity index (χ1n) is 11.7. The summed E-state index contributed by atoms with van der Waals surface area (Å²) < 4.78 is 0. The number of amides is 3. The summed E-state index contributed by atoms with van der Waals surface area (Å²) in [4.78, 5) is 43.9. The van der Waals surface area contributed by atoms with Crippen LogP contribution in [-0.4, -0.2) is 60.2 Å². The van der Waals surface area contributed by atoms with Crippen molar-refractivity contribution in [2.24, 2.45) is 0 Å². The highest BCUT2D eigenvalue weighted by Gasteiger charge is 2.35. The van der Waals surface area contributed by atoms with Crippen LogP contribution in [0.1, 0.15) is 38.7 Å². The summed E-state index contributed by atoms with van der Waals surface area (Å²) in [6.45, 7) is 6.03. The van der Waals surface area contributed by atoms with Gasteiger partial charge in [0.15, 0.2) is 0 Å². The van der Waals surface area contributed by atoms with E-state index in [1.165, 1.54) is 0 Å². The van der Waals surface area contributed by atoms with Crippen LogP contribution >= 0.6 is 0 Å². The second-order valence-corrected chi connectivity index (χ2v) is 8.95. The molecule has 0 aliphatic carbocycles. The summed E-state index contributed by atoms with van der Waals surface area (Å²) >= 11 is 0. The van der Waals surface area contributed by atoms with Gasteiger partial charge in [-0.3, -0.25) is 14.4 Å². The zero-order valence-corrected chi connectivity index (χ0v) is 19.9. The number of rotatable bonds is 8. The van der Waals surface area contributed by atoms with Crippen LogP contribution in [0, 0.1) is 11.3 Å². The van der Waals surface area contributed by atoms with Crippen LogP contribution in [0.5, 0.6) is 0 Å². The third kappa shape index (κ3) is 6.02. The number of hydrogen-bond donors (Lipinski definition) is 0. The number of carbonyl (C=O) groups excluding carboxylic acids is 3. The molecule has 3 amide bonds. The van der Waals surface area contributed by atoms with Crippen LogP contribution < -0.4 is 4.90 Å². The molecule has 0 N–H and O–H groups in total. The van der Waals surface area contributed by atoms with Crippen molar-refractivity contribution in [2.45, 2.75) is 38.5 Å². The summed E-state index contributed by atoms with van der Waals surface area (Å²) in [6.07, 6.45) is 0.418. The van der Waals surface area contributed by atoms with Crippen molar-refractivity contribution in [3.8, 4) is 6.07 Å². The lowest BCUT2D eigenvalue weighted by molar-refractivity contribution is -0.142. The Kier molecular flexibility index (Phi) is 8.42. The Morgan fingerprint density at radius 2 is 1.44 bits per heavy atom. The zero-order chi connectivity index (χ0) is 24.6. The van der Waals surface area contributed by atoms with E-state index < -0.39 is 5.41 Å². The van der Waals surface area contributed by atoms with Crippen LogP contribution in [0.3, 0.4) is 0 Å². The fourth-order valence-corrected chi connectivity index (χ4v) is 4.21. The van der Waals surface area contributed by atoms with E-state index in [4.69, 9.17) is 5.26 Å². The quantitative estimate of drug-likeness (QED) is 0.605. The van der Waals surface area contributed by atoms with Gasteiger partial charge in [0.05, 0.1) is 17.9 Å². The van der Waals surface area contributed by atoms with Crippen LogP contribution in [0.15, 0.2) is 60.7 Å². The van der Waals surface area contributed by atoms with Gasteiger partial charge in [0.25, 0.3) is 0 Å². The van der Waals surface area contributed by atoms with Gasteiger partial charge in [0.2, 0.25) is 17.7 Å². The Bertz CT molecular complexity index is 1020. The number of piperazine rings is 1. The molecule has 1 aliphatic rings. The molecule has 2 aromatic rings. The van der Waals surface area contributed by atoms with E-state index >= 15 is 0 Å². The van der Waals surface area contributed by atoms with Crippen molar-refractivity contribution in [3.05, 3.63) is 66.2 Å². The molecule has 34 heavy (non-hydrogen) atoms. The summed E-state index contributed by atoms with van der Waals surface area (Å²) in [5, 5.41) is 8.93. The van der Waals surface area contributed by atoms with Gasteiger partial charge in [-0.2, -0.15) is 5.26 Å². The first-order chi connectivity index (χ1) is 16.3. The van der Waals surface area contributed by atoms with Crippen molar-refractivity contribution in [1.82, 2.24) is 9.80 Å². The second-order valence-electron chi connectivity index (χ2n) is 8.95. The number of nitriles is 1. The number of para-hydroxylation sites is 1. The lowest BCUT2D eigenvalue weighted by Crippen LogP contribution is -2.54. The first-order valence-corrected chi connectivity index (χ1v) is 11.7. The van der Waals surface area contributed by atoms with E-state index in [2.05, 4.69) is 6.07 Å². The highest BCUT2D eigenvalue weighted by atomic mass is 16.2. The zero-order valence-electron chi connectivity index (χ0n) is 19.9. The van der Waals surface area contributed by atoms with Crippen LogP contribution in [0.2, 0.25) is 0 Å². The molecule has 3 rings (SSSR count). The van der Waals surface area contributed by atoms with Crippen molar-refractivity contribution in [3.63, 3.8) is 0 Å². The van der Waals surface area contributed by atoms with Crippen LogP contribution in [0.25, 0.3) is 0 Å². The number of nitrogens with zero attached hydrogens (tertiary/aromatic N) is 4. The van der Waals surface area contributed by atoms with Crippen molar-refractivity contribution in [2.75, 3.05) is 37.6 Å². The monoisotopic (exact) mass is 460 g/mol. The number of anilines is 1. The lowest BCUT2D eigenvalue weighted by atomic mass is 9.83. The largest absolute Gasteiger partial charge is 0.339 e. The van der Waals surface area contributed by atoms with Gasteiger partial charge in [-0.1, -0.05) is 48.5 Å². The third-order valence-corrected chi connectivity index (χ3v) is 6.32. The van der Waals surface area contributed by atoms with Gasteiger partial charge in [-0.25, -0.2) is 0 Å². The van der Waals surface area contributed by atoms with E-state index in [-0.39, 0.29) is 37.0 Å². The standard InChI is InChI=1S/C27H32N4O3/c1-27(2,22-10-5-3-6-11-22)26(34)30-20-18-29(19-21-30)24(32)14-15-25(33)31(17-9-16-28)23-12-7-4-8-13-23/h3-8,10-13H,9,14-15,17-21H2,1-2H3. The topological polar surface area (TPSA) is 84.7 Å². The lowest BCUT2D eigenvalue weighted by Gasteiger charge is -2.39. The molecule has 0 unspecified atom stereocenters. The Morgan fingerprint density at radius 1 is 0.882 bits per heavy atom. The number of carbonyl (C=O) groups is 3. The number of hydrogen-bond acceptors (Lipinski definition) is 4. The number of benzene rings is 2. The average Bonchev–Trinajstić information content (AvgIpc) is 2.88. The molecular weight excluding hydrogens is 428 g/mol. The molecule has 0 atom stereocenters. The van der Waals surface area contributed by atoms with Crippen molar-refractivity contribution >= 4 is 23.4 Å². The summed E-state index contributed by atoms with van der Waals surface area (Å²) in [7, 11) is 0. The molecule has 0 saturated carbocycles. The van der Waals surface area contributed by atoms with E-state index in [0.717, 1.165) is 11.3 Å². The first kappa shape index (κ1) is 25.0. The maximum atomic E-state index is 13.2. The smallest absolute Gasteiger partial charge is 0.232 e. The maximum absolute atomic E-state index is 13.2. The highest BCUT2D eigenvalue weighted by molar-refractivity contribution is 5.95. The van der Waals surface area contributed by atoms with E-state index in [9.17, 15) is 14.4 Å². The molecule has 1 saturated heterocycles. The molecule has 2 aromatic carbocycles. The second kappa shape index (κ2) is 11.5. The SMILES string of the molecule is CC(C)(C(=O)N1CCN(C(=O)CCC(=O)N(CCC#N)c2ccccc2)CC1)c1ccccc1. The van der Waals surface area contributed by atoms with E-state index in [0.29, 0.717) is 32.7 Å². The van der Waals surface area contributed by atoms with Crippen LogP contribution in [-0.2, 0) is 19.8 Å². The van der Waals surface area contributed by atoms with E-state index in [1.54, 1.807) is 9.80 Å². The van der Waals surface area contributed by atoms with Gasteiger partial charge >= 0.3 is 0 Å². The minimum atomic E-state index is -0.635. The molecule has 0 bridgehead atoms. The summed E-state index contributed by atoms with van der Waals surface area (Å²) in [5.41, 5.74) is 1.06. The highest BCUT2D eigenvalue weighted by Crippen LogP contribution is 2.26. The minimum absolute atomic E-state index is 0.0528. The molecule has 0 spiro atoms. The summed E-state index contributed by atoms with van der Waals surface area (Å²) in [5.74, 6) is -0.207. The van der Waals surface area contributed by atoms with E-state index in [1.807, 2.05) is 79.4 Å². The Labute approximate surface area is 201 Å². The normalized spacial score (nSPS) is 13.8. The van der Waals surface area contributed by atoms with Gasteiger partial charge in [-0.15, -0.1) is 0 Å². The molecule has 1 fully saturated rings. The Balaban J connectivity index is 1.52. The molecule has 7 nitrogen and oxygen atoms in total. The van der Waals surface area contributed by atoms with Crippen molar-refractivity contribution in [1.29, 1.82) is 5.26 Å². The van der Waals surface area contributed by atoms with Gasteiger partial charge in [0.1, 0.15) is 0 Å². The molecular formula is C27H32N4O3. The van der Waals surface area contributed by atoms with Gasteiger partial charge < -0.3 is 14.7 Å². The third-order valence-electron chi connectivity index (χ3n) is 6.32. The predicted octanol–water partition coefficient (Wildman–Crippen LogP) is 3.36. The van der Waals surface area contributed by atoms with Crippen molar-refractivity contribution < 1.29 is 14.4 Å². The fourth-order valence-electron chi connectivity index (χ4n) is 4.21. The van der Waals surface area contributed by atoms with Gasteiger partial charge in [-0.05, 0) is 31.5 Å². The summed E-state index contributed by atoms with van der Waals surface area (Å²) in [6, 6.07) is 21.0. The molecule has 1 heterocycles. The Hall–Kier alpha value is -3.66. The molecule has 1 aliphatic heterocycles. The average molecular weight is 461 g/mol. The molecule has 0 radical (unpaired) electrons. The molecule has 178 valence electrons. The van der Waals surface area contributed by atoms with Gasteiger partial charge in [0, 0.05) is 51.3 Å². The fraction of sp³-hybridized carbons (Fsp3) is 0.407. The van der Waals surface area contributed by atoms with Crippen LogP contribution in [0.4, 0.5) is 5.69 Å². The maximum Gasteiger partial charge on any atom is 0.232 e. The minimum Gasteiger partial charge on any atom is -0.339 e. The molecule has 7 heteroatoms. The Morgan fingerprint density at radius 3 is 2.03 bits per heavy atom. The molecule has 0 aromatic heterocycles.